The first kappa shape index (κ1) is 24.5. The third-order valence-corrected chi connectivity index (χ3v) is 4.46. The normalized spacial score (nSPS) is 10.9. The lowest BCUT2D eigenvalue weighted by Gasteiger charge is -2.08. The van der Waals surface area contributed by atoms with Gasteiger partial charge in [0.05, 0.1) is 12.4 Å². The van der Waals surface area contributed by atoms with Gasteiger partial charge in [-0.3, -0.25) is 0 Å². The van der Waals surface area contributed by atoms with Crippen LogP contribution in [-0.2, 0) is 0 Å². The molecule has 2 heteroatoms. The van der Waals surface area contributed by atoms with Gasteiger partial charge in [0.1, 0.15) is 0 Å². The number of nitrogens with zero attached hydrogens (tertiary/aromatic N) is 1. The molecule has 1 nitrogen and oxygen atoms in total. The van der Waals surface area contributed by atoms with E-state index in [4.69, 9.17) is 0 Å². The number of rotatable bonds is 17. The van der Waals surface area contributed by atoms with Crippen LogP contribution in [0.4, 0.5) is 0 Å². The number of halogens is 1. The molecule has 0 heterocycles. The fourth-order valence-electron chi connectivity index (χ4n) is 2.98. The Morgan fingerprint density at radius 3 is 1.00 bits per heavy atom. The summed E-state index contributed by atoms with van der Waals surface area (Å²) in [5, 5.41) is 0. The smallest absolute Gasteiger partial charge is 0.0903 e. The van der Waals surface area contributed by atoms with Crippen LogP contribution in [-0.4, -0.2) is 25.5 Å². The summed E-state index contributed by atoms with van der Waals surface area (Å²) in [6.45, 7) is 3.56. The number of unbranched alkanes of at least 4 members (excludes halogenated alkanes) is 15. The van der Waals surface area contributed by atoms with Crippen LogP contribution in [0, 0.1) is 12.4 Å². The van der Waals surface area contributed by atoms with Crippen LogP contribution in [0.1, 0.15) is 110 Å². The molecule has 0 amide bonds. The molecule has 0 atom stereocenters. The molecule has 0 fully saturated rings. The summed E-state index contributed by atoms with van der Waals surface area (Å²) in [6, 6.07) is 0. The van der Waals surface area contributed by atoms with Crippen molar-refractivity contribution in [2.24, 2.45) is 0 Å². The molecule has 136 valence electrons. The summed E-state index contributed by atoms with van der Waals surface area (Å²) in [6.07, 6.45) is 23.3. The minimum Gasteiger partial charge on any atom is -0.309 e. The number of hydrogen-bond acceptors (Lipinski definition) is 1. The van der Waals surface area contributed by atoms with Crippen molar-refractivity contribution in [2.45, 2.75) is 110 Å². The van der Waals surface area contributed by atoms with Gasteiger partial charge in [-0.05, 0) is 27.1 Å². The maximum absolute atomic E-state index is 2.30. The van der Waals surface area contributed by atoms with Crippen LogP contribution in [0.15, 0.2) is 0 Å². The Bertz CT molecular complexity index is 183. The molecule has 0 bridgehead atoms. The molecule has 0 aromatic carbocycles. The Labute approximate surface area is 148 Å². The van der Waals surface area contributed by atoms with Crippen molar-refractivity contribution in [1.82, 2.24) is 4.90 Å². The molecular weight excluding hydrogens is 290 g/mol. The molecule has 22 heavy (non-hydrogen) atoms. The Morgan fingerprint density at radius 2 is 0.727 bits per heavy atom. The van der Waals surface area contributed by atoms with E-state index in [1.54, 1.807) is 0 Å². The van der Waals surface area contributed by atoms with Gasteiger partial charge in [0.2, 0.25) is 0 Å². The predicted octanol–water partition coefficient (Wildman–Crippen LogP) is 6.27. The van der Waals surface area contributed by atoms with E-state index < -0.39 is 0 Å². The summed E-state index contributed by atoms with van der Waals surface area (Å²) in [5.41, 5.74) is 0. The molecule has 0 aromatic rings. The highest BCUT2D eigenvalue weighted by atomic mass is 35.5. The molecule has 0 aliphatic carbocycles. The van der Waals surface area contributed by atoms with Crippen molar-refractivity contribution in [3.8, 4) is 0 Å². The summed E-state index contributed by atoms with van der Waals surface area (Å²) in [4.78, 5) is 2.30. The fourth-order valence-corrected chi connectivity index (χ4v) is 2.98. The van der Waals surface area contributed by atoms with Crippen molar-refractivity contribution in [2.75, 3.05) is 20.6 Å². The Balaban J connectivity index is 0. The first-order chi connectivity index (χ1) is 10.3. The Kier molecular flexibility index (Phi) is 23.7. The molecule has 0 rings (SSSR count). The minimum absolute atomic E-state index is 0. The van der Waals surface area contributed by atoms with Crippen molar-refractivity contribution in [3.05, 3.63) is 0 Å². The first-order valence-electron chi connectivity index (χ1n) is 9.92. The van der Waals surface area contributed by atoms with E-state index in [0.717, 1.165) is 0 Å². The molecule has 0 saturated carbocycles. The van der Waals surface area contributed by atoms with Gasteiger partial charge in [0, 0.05) is 0 Å². The third kappa shape index (κ3) is 22.5. The summed E-state index contributed by atoms with van der Waals surface area (Å²) in [5.74, 6) is 0. The minimum atomic E-state index is 0. The summed E-state index contributed by atoms with van der Waals surface area (Å²) < 4.78 is 0. The van der Waals surface area contributed by atoms with Crippen molar-refractivity contribution >= 4 is 0 Å². The monoisotopic (exact) mass is 334 g/mol. The van der Waals surface area contributed by atoms with E-state index in [-0.39, 0.29) is 12.4 Å². The van der Waals surface area contributed by atoms with Crippen molar-refractivity contribution in [1.29, 1.82) is 0 Å². The van der Waals surface area contributed by atoms with Crippen LogP contribution in [0.3, 0.4) is 0 Å². The fraction of sp³-hybridized carbons (Fsp3) is 1.00. The lowest BCUT2D eigenvalue weighted by Crippen LogP contribution is -2.12. The third-order valence-electron chi connectivity index (χ3n) is 4.46. The lowest BCUT2D eigenvalue weighted by molar-refractivity contribution is -0.00000483. The van der Waals surface area contributed by atoms with Gasteiger partial charge in [0.25, 0.3) is 0 Å². The van der Waals surface area contributed by atoms with E-state index in [2.05, 4.69) is 25.9 Å². The zero-order chi connectivity index (χ0) is 15.6. The van der Waals surface area contributed by atoms with E-state index in [1.165, 1.54) is 109 Å². The predicted molar refractivity (Wildman–Crippen MR) is 101 cm³/mol. The average Bonchev–Trinajstić information content (AvgIpc) is 2.46. The van der Waals surface area contributed by atoms with Gasteiger partial charge in [-0.25, -0.2) is 0 Å². The average molecular weight is 335 g/mol. The van der Waals surface area contributed by atoms with Gasteiger partial charge in [-0.1, -0.05) is 103 Å². The summed E-state index contributed by atoms with van der Waals surface area (Å²) >= 11 is 0. The van der Waals surface area contributed by atoms with Crippen LogP contribution >= 0.6 is 0 Å². The highest BCUT2D eigenvalue weighted by Gasteiger charge is 1.95. The zero-order valence-corrected chi connectivity index (χ0v) is 16.8. The van der Waals surface area contributed by atoms with Gasteiger partial charge in [-0.2, -0.15) is 0 Å². The van der Waals surface area contributed by atoms with Gasteiger partial charge in [0.15, 0.2) is 0 Å². The molecule has 0 aromatic heterocycles. The van der Waals surface area contributed by atoms with E-state index in [0.29, 0.717) is 0 Å². The highest BCUT2D eigenvalue weighted by Crippen LogP contribution is 2.13. The lowest BCUT2D eigenvalue weighted by atomic mass is 10.0. The Hall–Kier alpha value is 0.250. The van der Waals surface area contributed by atoms with Crippen molar-refractivity contribution < 1.29 is 12.4 Å². The molecule has 0 saturated heterocycles. The molecule has 0 aliphatic heterocycles. The summed E-state index contributed by atoms with van der Waals surface area (Å²) in [7, 11) is 4.34. The van der Waals surface area contributed by atoms with Gasteiger partial charge < -0.3 is 4.90 Å². The quantitative estimate of drug-likeness (QED) is 0.283. The standard InChI is InChI=1S/C20H43N.ClH2/c1-4-5-6-7-8-9-10-11-12-13-14-15-16-17-18-19-20-21(2)3;/h4-20H2,1-3H3;1H2/q;+1. The van der Waals surface area contributed by atoms with Gasteiger partial charge in [-0.15, -0.1) is 0 Å². The van der Waals surface area contributed by atoms with E-state index in [1.807, 2.05) is 0 Å². The van der Waals surface area contributed by atoms with Gasteiger partial charge >= 0.3 is 0 Å². The second-order valence-corrected chi connectivity index (χ2v) is 7.11. The van der Waals surface area contributed by atoms with Crippen molar-refractivity contribution in [3.63, 3.8) is 0 Å². The molecule has 0 N–H and O–H groups in total. The zero-order valence-electron chi connectivity index (χ0n) is 15.9. The Morgan fingerprint density at radius 1 is 0.455 bits per heavy atom. The van der Waals surface area contributed by atoms with E-state index >= 15 is 0 Å². The van der Waals surface area contributed by atoms with Crippen LogP contribution in [0.2, 0.25) is 0 Å². The maximum Gasteiger partial charge on any atom is 0.0903 e. The highest BCUT2D eigenvalue weighted by molar-refractivity contribution is 4.50. The first-order valence-corrected chi connectivity index (χ1v) is 9.92. The second kappa shape index (κ2) is 21.2. The van der Waals surface area contributed by atoms with Crippen LogP contribution in [0.25, 0.3) is 0 Å². The van der Waals surface area contributed by atoms with E-state index in [9.17, 15) is 0 Å². The topological polar surface area (TPSA) is 3.24 Å². The number of hydrogen-bond donors (Lipinski definition) is 0. The molecule has 0 aliphatic rings. The second-order valence-electron chi connectivity index (χ2n) is 7.11. The molecular formula is C20H45ClN+. The van der Waals surface area contributed by atoms with Crippen LogP contribution in [0.5, 0.6) is 0 Å². The van der Waals surface area contributed by atoms with Crippen LogP contribution < -0.4 is 0 Å². The molecule has 0 unspecified atom stereocenters. The molecule has 0 radical (unpaired) electrons. The largest absolute Gasteiger partial charge is 0.309 e. The SMILES string of the molecule is CCCCCCCCCCCCCCCCCCN(C)C.[ClH2+]. The molecule has 0 spiro atoms. The maximum atomic E-state index is 2.30.